The van der Waals surface area contributed by atoms with Gasteiger partial charge in [-0.1, -0.05) is 6.07 Å². The first kappa shape index (κ1) is 19.6. The lowest BCUT2D eigenvalue weighted by atomic mass is 10.0. The molecule has 0 radical (unpaired) electrons. The molecule has 0 unspecified atom stereocenters. The van der Waals surface area contributed by atoms with Crippen molar-refractivity contribution in [3.05, 3.63) is 36.0 Å². The standard InChI is InChI=1S/C20H25N5O3/c1-25(16-5-7-28-8-6-16)20(22)24-18-4-3-13(9-15(18)12-26)14-10-17(21)19(27-2)23-11-14/h3-4,9-12,16H,5-8,21H2,1-2H3,(H2,22,24). The van der Waals surface area contributed by atoms with E-state index in [1.807, 2.05) is 18.0 Å². The average Bonchev–Trinajstić information content (AvgIpc) is 2.74. The summed E-state index contributed by atoms with van der Waals surface area (Å²) in [6.07, 6.45) is 4.22. The molecule has 0 atom stereocenters. The van der Waals surface area contributed by atoms with E-state index in [9.17, 15) is 4.79 Å². The molecule has 0 amide bonds. The van der Waals surface area contributed by atoms with Crippen molar-refractivity contribution in [2.75, 3.05) is 33.1 Å². The lowest BCUT2D eigenvalue weighted by Gasteiger charge is -2.31. The van der Waals surface area contributed by atoms with Crippen LogP contribution in [-0.4, -0.2) is 55.5 Å². The molecule has 1 aromatic heterocycles. The molecule has 1 saturated heterocycles. The zero-order valence-corrected chi connectivity index (χ0v) is 16.1. The van der Waals surface area contributed by atoms with E-state index in [4.69, 9.17) is 20.9 Å². The maximum absolute atomic E-state index is 11.6. The Balaban J connectivity index is 1.86. The number of nitrogens with zero attached hydrogens (tertiary/aromatic N) is 3. The summed E-state index contributed by atoms with van der Waals surface area (Å²) in [6, 6.07) is 7.41. The highest BCUT2D eigenvalue weighted by Gasteiger charge is 2.20. The zero-order valence-electron chi connectivity index (χ0n) is 16.1. The summed E-state index contributed by atoms with van der Waals surface area (Å²) in [5.41, 5.74) is 15.1. The molecule has 3 rings (SSSR count). The molecule has 1 aliphatic heterocycles. The summed E-state index contributed by atoms with van der Waals surface area (Å²) in [4.78, 5) is 22.2. The van der Waals surface area contributed by atoms with Gasteiger partial charge in [0.15, 0.2) is 12.2 Å². The van der Waals surface area contributed by atoms with Gasteiger partial charge in [0.25, 0.3) is 0 Å². The Labute approximate surface area is 164 Å². The normalized spacial score (nSPS) is 15.3. The van der Waals surface area contributed by atoms with E-state index in [1.165, 1.54) is 7.11 Å². The number of nitrogen functional groups attached to an aromatic ring is 1. The maximum Gasteiger partial charge on any atom is 0.236 e. The minimum atomic E-state index is 0.282. The number of carbonyl (C=O) groups is 1. The molecule has 0 bridgehead atoms. The van der Waals surface area contributed by atoms with Crippen LogP contribution in [0.5, 0.6) is 5.88 Å². The third-order valence-corrected chi connectivity index (χ3v) is 4.89. The number of hydrogen-bond acceptors (Lipinski definition) is 6. The van der Waals surface area contributed by atoms with Gasteiger partial charge in [-0.15, -0.1) is 0 Å². The van der Waals surface area contributed by atoms with Crippen molar-refractivity contribution in [1.29, 1.82) is 0 Å². The number of methoxy groups -OCH3 is 1. The predicted octanol–water partition coefficient (Wildman–Crippen LogP) is 2.21. The van der Waals surface area contributed by atoms with E-state index in [1.54, 1.807) is 24.4 Å². The molecule has 0 spiro atoms. The third kappa shape index (κ3) is 4.23. The fourth-order valence-electron chi connectivity index (χ4n) is 3.19. The summed E-state index contributed by atoms with van der Waals surface area (Å²) >= 11 is 0. The van der Waals surface area contributed by atoms with Crippen LogP contribution in [0, 0.1) is 0 Å². The quantitative estimate of drug-likeness (QED) is 0.462. The van der Waals surface area contributed by atoms with Gasteiger partial charge in [0, 0.05) is 43.6 Å². The highest BCUT2D eigenvalue weighted by Crippen LogP contribution is 2.29. The molecule has 148 valence electrons. The second-order valence-electron chi connectivity index (χ2n) is 6.64. The molecule has 0 saturated carbocycles. The van der Waals surface area contributed by atoms with Crippen molar-refractivity contribution in [1.82, 2.24) is 9.88 Å². The van der Waals surface area contributed by atoms with Gasteiger partial charge >= 0.3 is 0 Å². The van der Waals surface area contributed by atoms with Crippen LogP contribution < -0.4 is 16.2 Å². The van der Waals surface area contributed by atoms with Crippen LogP contribution in [-0.2, 0) is 4.74 Å². The fourth-order valence-corrected chi connectivity index (χ4v) is 3.19. The van der Waals surface area contributed by atoms with Gasteiger partial charge in [-0.25, -0.2) is 9.98 Å². The molecule has 1 aromatic carbocycles. The van der Waals surface area contributed by atoms with Gasteiger partial charge < -0.3 is 25.8 Å². The highest BCUT2D eigenvalue weighted by atomic mass is 16.5. The van der Waals surface area contributed by atoms with Crippen LogP contribution in [0.25, 0.3) is 11.1 Å². The number of guanidine groups is 1. The zero-order chi connectivity index (χ0) is 20.1. The Kier molecular flexibility index (Phi) is 6.10. The molecule has 8 nitrogen and oxygen atoms in total. The lowest BCUT2D eigenvalue weighted by Crippen LogP contribution is -2.44. The van der Waals surface area contributed by atoms with Gasteiger partial charge in [-0.3, -0.25) is 4.79 Å². The number of anilines is 1. The van der Waals surface area contributed by atoms with Crippen molar-refractivity contribution in [3.63, 3.8) is 0 Å². The van der Waals surface area contributed by atoms with Crippen LogP contribution in [0.15, 0.2) is 35.5 Å². The number of benzene rings is 1. The Morgan fingerprint density at radius 3 is 2.71 bits per heavy atom. The number of aliphatic imine (C=N–C) groups is 1. The average molecular weight is 383 g/mol. The number of hydrogen-bond donors (Lipinski definition) is 2. The Hall–Kier alpha value is -3.13. The van der Waals surface area contributed by atoms with Crippen molar-refractivity contribution in [3.8, 4) is 17.0 Å². The van der Waals surface area contributed by atoms with E-state index in [2.05, 4.69) is 9.98 Å². The smallest absolute Gasteiger partial charge is 0.236 e. The minimum absolute atomic E-state index is 0.282. The second kappa shape index (κ2) is 8.71. The van der Waals surface area contributed by atoms with E-state index in [0.29, 0.717) is 28.8 Å². The van der Waals surface area contributed by atoms with E-state index in [0.717, 1.165) is 43.5 Å². The molecule has 2 heterocycles. The van der Waals surface area contributed by atoms with Crippen LogP contribution in [0.1, 0.15) is 23.2 Å². The topological polar surface area (TPSA) is 116 Å². The molecule has 8 heteroatoms. The Morgan fingerprint density at radius 1 is 1.32 bits per heavy atom. The maximum atomic E-state index is 11.6. The summed E-state index contributed by atoms with van der Waals surface area (Å²) < 4.78 is 10.5. The summed E-state index contributed by atoms with van der Waals surface area (Å²) in [6.45, 7) is 1.44. The first-order valence-corrected chi connectivity index (χ1v) is 9.07. The Bertz CT molecular complexity index is 878. The van der Waals surface area contributed by atoms with Gasteiger partial charge in [0.05, 0.1) is 18.5 Å². The summed E-state index contributed by atoms with van der Waals surface area (Å²) in [7, 11) is 3.42. The van der Waals surface area contributed by atoms with E-state index >= 15 is 0 Å². The number of aldehydes is 1. The molecule has 1 fully saturated rings. The van der Waals surface area contributed by atoms with Crippen molar-refractivity contribution >= 4 is 23.6 Å². The Morgan fingerprint density at radius 2 is 2.07 bits per heavy atom. The number of carbonyl (C=O) groups excluding carboxylic acids is 1. The number of ether oxygens (including phenoxy) is 2. The number of pyridine rings is 1. The largest absolute Gasteiger partial charge is 0.480 e. The molecular weight excluding hydrogens is 358 g/mol. The van der Waals surface area contributed by atoms with Crippen LogP contribution in [0.3, 0.4) is 0 Å². The van der Waals surface area contributed by atoms with Gasteiger partial charge in [-0.2, -0.15) is 0 Å². The monoisotopic (exact) mass is 383 g/mol. The number of nitrogens with two attached hydrogens (primary N) is 2. The summed E-state index contributed by atoms with van der Waals surface area (Å²) in [5.74, 6) is 0.739. The number of rotatable bonds is 5. The second-order valence-corrected chi connectivity index (χ2v) is 6.64. The fraction of sp³-hybridized carbons (Fsp3) is 0.350. The molecule has 4 N–H and O–H groups in total. The lowest BCUT2D eigenvalue weighted by molar-refractivity contribution is 0.0603. The highest BCUT2D eigenvalue weighted by molar-refractivity contribution is 5.90. The van der Waals surface area contributed by atoms with Crippen LogP contribution in [0.2, 0.25) is 0 Å². The first-order valence-electron chi connectivity index (χ1n) is 9.07. The van der Waals surface area contributed by atoms with Crippen LogP contribution >= 0.6 is 0 Å². The predicted molar refractivity (Wildman–Crippen MR) is 109 cm³/mol. The van der Waals surface area contributed by atoms with Gasteiger partial charge in [0.2, 0.25) is 5.88 Å². The molecule has 2 aromatic rings. The van der Waals surface area contributed by atoms with Crippen molar-refractivity contribution in [2.24, 2.45) is 10.7 Å². The third-order valence-electron chi connectivity index (χ3n) is 4.89. The van der Waals surface area contributed by atoms with Gasteiger partial charge in [0.1, 0.15) is 0 Å². The van der Waals surface area contributed by atoms with Crippen LogP contribution in [0.4, 0.5) is 11.4 Å². The summed E-state index contributed by atoms with van der Waals surface area (Å²) in [5, 5.41) is 0. The molecular formula is C20H25N5O3. The van der Waals surface area contributed by atoms with E-state index < -0.39 is 0 Å². The van der Waals surface area contributed by atoms with E-state index in [-0.39, 0.29) is 6.04 Å². The van der Waals surface area contributed by atoms with Crippen molar-refractivity contribution in [2.45, 2.75) is 18.9 Å². The van der Waals surface area contributed by atoms with Gasteiger partial charge in [-0.05, 0) is 36.6 Å². The minimum Gasteiger partial charge on any atom is -0.480 e. The first-order chi connectivity index (χ1) is 13.5. The molecule has 28 heavy (non-hydrogen) atoms. The molecule has 0 aliphatic carbocycles. The molecule has 1 aliphatic rings. The number of aromatic nitrogens is 1. The SMILES string of the molecule is COc1ncc(-c2ccc(N=C(N)N(C)C3CCOCC3)c(C=O)c2)cc1N. The van der Waals surface area contributed by atoms with Crippen molar-refractivity contribution < 1.29 is 14.3 Å².